The van der Waals surface area contributed by atoms with Gasteiger partial charge in [-0.2, -0.15) is 0 Å². The molecule has 1 aliphatic heterocycles. The lowest BCUT2D eigenvalue weighted by molar-refractivity contribution is 0.0736. The van der Waals surface area contributed by atoms with E-state index in [1.165, 1.54) is 0 Å². The van der Waals surface area contributed by atoms with Gasteiger partial charge in [0, 0.05) is 46.1 Å². The van der Waals surface area contributed by atoms with Crippen LogP contribution in [0.1, 0.15) is 43.6 Å². The zero-order valence-corrected chi connectivity index (χ0v) is 20.6. The highest BCUT2D eigenvalue weighted by Gasteiger charge is 2.25. The third-order valence-electron chi connectivity index (χ3n) is 5.88. The number of aromatic nitrogens is 3. The highest BCUT2D eigenvalue weighted by atomic mass is 35.5. The first-order valence-electron chi connectivity index (χ1n) is 11.1. The summed E-state index contributed by atoms with van der Waals surface area (Å²) in [7, 11) is 0. The molecule has 1 amide bonds. The third-order valence-corrected chi connectivity index (χ3v) is 7.13. The van der Waals surface area contributed by atoms with Crippen molar-refractivity contribution in [3.8, 4) is 0 Å². The molecule has 3 heterocycles. The van der Waals surface area contributed by atoms with Gasteiger partial charge < -0.3 is 10.2 Å². The predicted molar refractivity (Wildman–Crippen MR) is 136 cm³/mol. The van der Waals surface area contributed by atoms with Gasteiger partial charge >= 0.3 is 0 Å². The van der Waals surface area contributed by atoms with E-state index in [1.807, 2.05) is 73.3 Å². The molecule has 0 saturated heterocycles. The van der Waals surface area contributed by atoms with Crippen molar-refractivity contribution in [1.82, 2.24) is 19.9 Å². The van der Waals surface area contributed by atoms with Crippen LogP contribution >= 0.6 is 22.9 Å². The van der Waals surface area contributed by atoms with Crippen LogP contribution in [-0.2, 0) is 19.4 Å². The van der Waals surface area contributed by atoms with Gasteiger partial charge in [0.1, 0.15) is 11.6 Å². The molecule has 1 aliphatic rings. The van der Waals surface area contributed by atoms with E-state index in [0.29, 0.717) is 35.9 Å². The molecule has 2 aromatic carbocycles. The number of aryl methyl sites for hydroxylation is 2. The SMILES string of the molecule is Cc1nc(C)c(Cc2ccc(Cl)cc2)c(Nc2nc3c(s2)CN(C(=O)c2ccccc2)CC3)n1. The standard InChI is InChI=1S/C26H24ClN5OS/c1-16-21(14-18-8-10-20(27)11-9-18)24(29-17(2)28-16)31-26-30-22-12-13-32(15-23(22)34-26)25(33)19-6-4-3-5-7-19/h3-11H,12-15H2,1-2H3,(H,28,29,30,31). The topological polar surface area (TPSA) is 71.0 Å². The number of nitrogens with one attached hydrogen (secondary N) is 1. The van der Waals surface area contributed by atoms with Crippen LogP contribution in [0.2, 0.25) is 5.02 Å². The van der Waals surface area contributed by atoms with E-state index in [1.54, 1.807) is 11.3 Å². The van der Waals surface area contributed by atoms with Crippen LogP contribution in [0, 0.1) is 13.8 Å². The van der Waals surface area contributed by atoms with Gasteiger partial charge in [-0.25, -0.2) is 15.0 Å². The second-order valence-corrected chi connectivity index (χ2v) is 9.86. The summed E-state index contributed by atoms with van der Waals surface area (Å²) in [6.45, 7) is 5.13. The van der Waals surface area contributed by atoms with E-state index in [0.717, 1.165) is 44.8 Å². The molecule has 0 unspecified atom stereocenters. The molecule has 0 aliphatic carbocycles. The minimum atomic E-state index is 0.0569. The molecular formula is C26H24ClN5OS. The number of carbonyl (C=O) groups is 1. The van der Waals surface area contributed by atoms with Gasteiger partial charge in [0.15, 0.2) is 5.13 Å². The normalized spacial score (nSPS) is 13.0. The number of amides is 1. The van der Waals surface area contributed by atoms with Gasteiger partial charge in [0.25, 0.3) is 5.91 Å². The molecular weight excluding hydrogens is 466 g/mol. The first kappa shape index (κ1) is 22.5. The molecule has 0 spiro atoms. The Morgan fingerprint density at radius 2 is 1.82 bits per heavy atom. The third kappa shape index (κ3) is 4.81. The lowest BCUT2D eigenvalue weighted by Gasteiger charge is -2.26. The Kier molecular flexibility index (Phi) is 6.30. The molecule has 8 heteroatoms. The molecule has 0 radical (unpaired) electrons. The molecule has 0 atom stereocenters. The fourth-order valence-corrected chi connectivity index (χ4v) is 5.29. The average molecular weight is 490 g/mol. The van der Waals surface area contributed by atoms with Crippen molar-refractivity contribution in [1.29, 1.82) is 0 Å². The van der Waals surface area contributed by atoms with Crippen LogP contribution in [0.25, 0.3) is 0 Å². The average Bonchev–Trinajstić information content (AvgIpc) is 3.24. The minimum absolute atomic E-state index is 0.0569. The zero-order chi connectivity index (χ0) is 23.7. The van der Waals surface area contributed by atoms with E-state index in [2.05, 4.69) is 15.3 Å². The van der Waals surface area contributed by atoms with E-state index in [4.69, 9.17) is 16.6 Å². The maximum Gasteiger partial charge on any atom is 0.254 e. The Hall–Kier alpha value is -3.29. The lowest BCUT2D eigenvalue weighted by Crippen LogP contribution is -2.35. The van der Waals surface area contributed by atoms with Crippen LogP contribution < -0.4 is 5.32 Å². The summed E-state index contributed by atoms with van der Waals surface area (Å²) in [5, 5.41) is 4.95. The van der Waals surface area contributed by atoms with Crippen molar-refractivity contribution < 1.29 is 4.79 Å². The molecule has 34 heavy (non-hydrogen) atoms. The molecule has 0 bridgehead atoms. The maximum atomic E-state index is 12.9. The van der Waals surface area contributed by atoms with Crippen LogP contribution in [0.4, 0.5) is 10.9 Å². The minimum Gasteiger partial charge on any atom is -0.333 e. The summed E-state index contributed by atoms with van der Waals surface area (Å²) in [5.74, 6) is 1.53. The number of hydrogen-bond acceptors (Lipinski definition) is 6. The largest absolute Gasteiger partial charge is 0.333 e. The van der Waals surface area contributed by atoms with Crippen molar-refractivity contribution in [2.75, 3.05) is 11.9 Å². The molecule has 172 valence electrons. The Bertz CT molecular complexity index is 1340. The number of rotatable bonds is 5. The second-order valence-electron chi connectivity index (χ2n) is 8.34. The lowest BCUT2D eigenvalue weighted by atomic mass is 10.0. The Morgan fingerprint density at radius 3 is 2.59 bits per heavy atom. The smallest absolute Gasteiger partial charge is 0.254 e. The van der Waals surface area contributed by atoms with Crippen LogP contribution in [-0.4, -0.2) is 32.3 Å². The van der Waals surface area contributed by atoms with Gasteiger partial charge in [0.2, 0.25) is 0 Å². The fraction of sp³-hybridized carbons (Fsp3) is 0.231. The number of benzene rings is 2. The molecule has 1 N–H and O–H groups in total. The number of nitrogens with zero attached hydrogens (tertiary/aromatic N) is 4. The van der Waals surface area contributed by atoms with Gasteiger partial charge in [-0.1, -0.05) is 53.3 Å². The van der Waals surface area contributed by atoms with Gasteiger partial charge in [-0.05, 0) is 43.7 Å². The summed E-state index contributed by atoms with van der Waals surface area (Å²) in [6.07, 6.45) is 1.43. The summed E-state index contributed by atoms with van der Waals surface area (Å²) >= 11 is 7.63. The highest BCUT2D eigenvalue weighted by Crippen LogP contribution is 2.32. The van der Waals surface area contributed by atoms with Crippen LogP contribution in [0.5, 0.6) is 0 Å². The Balaban J connectivity index is 1.37. The first-order valence-corrected chi connectivity index (χ1v) is 12.3. The second kappa shape index (κ2) is 9.52. The van der Waals surface area contributed by atoms with Crippen molar-refractivity contribution in [2.45, 2.75) is 33.2 Å². The molecule has 6 nitrogen and oxygen atoms in total. The maximum absolute atomic E-state index is 12.9. The number of anilines is 2. The predicted octanol–water partition coefficient (Wildman–Crippen LogP) is 5.74. The number of carbonyl (C=O) groups excluding carboxylic acids is 1. The Labute approximate surface area is 207 Å². The molecule has 2 aromatic heterocycles. The molecule has 0 saturated carbocycles. The van der Waals surface area contributed by atoms with Gasteiger partial charge in [-0.15, -0.1) is 0 Å². The number of hydrogen-bond donors (Lipinski definition) is 1. The fourth-order valence-electron chi connectivity index (χ4n) is 4.14. The first-order chi connectivity index (χ1) is 16.5. The Morgan fingerprint density at radius 1 is 1.06 bits per heavy atom. The number of halogens is 1. The molecule has 5 rings (SSSR count). The summed E-state index contributed by atoms with van der Waals surface area (Å²) < 4.78 is 0. The number of thiazole rings is 1. The van der Waals surface area contributed by atoms with E-state index in [-0.39, 0.29) is 5.91 Å². The van der Waals surface area contributed by atoms with Crippen molar-refractivity contribution in [2.24, 2.45) is 0 Å². The van der Waals surface area contributed by atoms with E-state index >= 15 is 0 Å². The number of fused-ring (bicyclic) bond motifs is 1. The van der Waals surface area contributed by atoms with E-state index < -0.39 is 0 Å². The van der Waals surface area contributed by atoms with Crippen molar-refractivity contribution in [3.63, 3.8) is 0 Å². The molecule has 0 fully saturated rings. The zero-order valence-electron chi connectivity index (χ0n) is 19.0. The summed E-state index contributed by atoms with van der Waals surface area (Å²) in [4.78, 5) is 30.0. The highest BCUT2D eigenvalue weighted by molar-refractivity contribution is 7.15. The van der Waals surface area contributed by atoms with E-state index in [9.17, 15) is 4.79 Å². The van der Waals surface area contributed by atoms with Crippen molar-refractivity contribution >= 4 is 39.8 Å². The summed E-state index contributed by atoms with van der Waals surface area (Å²) in [6, 6.07) is 17.3. The van der Waals surface area contributed by atoms with Crippen molar-refractivity contribution in [3.05, 3.63) is 98.4 Å². The quantitative estimate of drug-likeness (QED) is 0.387. The van der Waals surface area contributed by atoms with Crippen LogP contribution in [0.3, 0.4) is 0 Å². The summed E-state index contributed by atoms with van der Waals surface area (Å²) in [5.41, 5.74) is 4.86. The van der Waals surface area contributed by atoms with Gasteiger partial charge in [-0.3, -0.25) is 4.79 Å². The monoisotopic (exact) mass is 489 g/mol. The molecule has 4 aromatic rings. The van der Waals surface area contributed by atoms with Crippen LogP contribution in [0.15, 0.2) is 54.6 Å². The van der Waals surface area contributed by atoms with Gasteiger partial charge in [0.05, 0.1) is 12.2 Å².